The normalized spacial score (nSPS) is 11.5. The van der Waals surface area contributed by atoms with Crippen molar-refractivity contribution in [3.8, 4) is 61.3 Å². The van der Waals surface area contributed by atoms with E-state index < -0.39 is 0 Å². The fraction of sp³-hybridized carbons (Fsp3) is 0. The lowest BCUT2D eigenvalue weighted by Gasteiger charge is -2.27. The number of hydrogen-bond donors (Lipinski definition) is 0. The second-order valence-electron chi connectivity index (χ2n) is 17.7. The number of para-hydroxylation sites is 5. The lowest BCUT2D eigenvalue weighted by Crippen LogP contribution is -2.10. The topological polar surface area (TPSA) is 21.3 Å². The molecule has 0 amide bonds. The Morgan fingerprint density at radius 3 is 1.46 bits per heavy atom. The molecule has 0 aliphatic carbocycles. The first-order valence-corrected chi connectivity index (χ1v) is 23.6. The van der Waals surface area contributed by atoms with E-state index in [1.54, 1.807) is 0 Å². The third-order valence-electron chi connectivity index (χ3n) is 13.6. The zero-order valence-corrected chi connectivity index (χ0v) is 37.7. The van der Waals surface area contributed by atoms with Crippen LogP contribution in [0.2, 0.25) is 0 Å². The number of fused-ring (bicyclic) bond motifs is 6. The van der Waals surface area contributed by atoms with Crippen LogP contribution in [0.4, 0.5) is 17.1 Å². The number of benzene rings is 11. The van der Waals surface area contributed by atoms with Crippen molar-refractivity contribution in [3.05, 3.63) is 267 Å². The minimum absolute atomic E-state index is 0.893. The van der Waals surface area contributed by atoms with Gasteiger partial charge in [0.05, 0.1) is 16.7 Å². The van der Waals surface area contributed by atoms with E-state index in [-0.39, 0.29) is 0 Å². The minimum Gasteiger partial charge on any atom is -0.455 e. The van der Waals surface area contributed by atoms with Gasteiger partial charge in [-0.25, -0.2) is 0 Å². The molecule has 3 heteroatoms. The summed E-state index contributed by atoms with van der Waals surface area (Å²) in [5, 5.41) is 4.76. The van der Waals surface area contributed by atoms with Crippen LogP contribution in [0.25, 0.3) is 105 Å². The molecule has 3 nitrogen and oxygen atoms in total. The molecule has 0 aliphatic heterocycles. The Labute approximate surface area is 401 Å². The highest BCUT2D eigenvalue weighted by Crippen LogP contribution is 2.42. The van der Waals surface area contributed by atoms with Crippen LogP contribution in [-0.4, -0.2) is 4.57 Å². The molecule has 0 unspecified atom stereocenters. The van der Waals surface area contributed by atoms with E-state index in [1.807, 2.05) is 12.1 Å². The van der Waals surface area contributed by atoms with Gasteiger partial charge in [-0.15, -0.1) is 0 Å². The van der Waals surface area contributed by atoms with E-state index in [2.05, 4.69) is 264 Å². The van der Waals surface area contributed by atoms with Crippen LogP contribution >= 0.6 is 0 Å². The van der Waals surface area contributed by atoms with Crippen molar-refractivity contribution in [2.45, 2.75) is 0 Å². The maximum atomic E-state index is 6.54. The van der Waals surface area contributed by atoms with Gasteiger partial charge in [0.15, 0.2) is 0 Å². The van der Waals surface area contributed by atoms with Crippen molar-refractivity contribution in [1.82, 2.24) is 4.57 Å². The van der Waals surface area contributed by atoms with Gasteiger partial charge in [0, 0.05) is 49.7 Å². The van der Waals surface area contributed by atoms with Crippen molar-refractivity contribution >= 4 is 60.8 Å². The van der Waals surface area contributed by atoms with Crippen LogP contribution in [-0.2, 0) is 0 Å². The molecule has 0 bridgehead atoms. The lowest BCUT2D eigenvalue weighted by molar-refractivity contribution is 0.670. The average molecular weight is 881 g/mol. The van der Waals surface area contributed by atoms with E-state index in [1.165, 1.54) is 55.3 Å². The zero-order chi connectivity index (χ0) is 45.7. The van der Waals surface area contributed by atoms with Crippen LogP contribution in [0.1, 0.15) is 0 Å². The summed E-state index contributed by atoms with van der Waals surface area (Å²) in [6, 6.07) is 96.0. The Morgan fingerprint density at radius 2 is 0.739 bits per heavy atom. The molecule has 0 aliphatic rings. The minimum atomic E-state index is 0.893. The highest BCUT2D eigenvalue weighted by Gasteiger charge is 2.19. The first-order chi connectivity index (χ1) is 34.2. The quantitative estimate of drug-likeness (QED) is 0.144. The van der Waals surface area contributed by atoms with E-state index in [9.17, 15) is 0 Å². The van der Waals surface area contributed by atoms with Crippen molar-refractivity contribution in [2.75, 3.05) is 4.90 Å². The van der Waals surface area contributed by atoms with Crippen LogP contribution in [0, 0.1) is 0 Å². The molecule has 13 aromatic rings. The van der Waals surface area contributed by atoms with Crippen molar-refractivity contribution in [1.29, 1.82) is 0 Å². The summed E-state index contributed by atoms with van der Waals surface area (Å²) >= 11 is 0. The third kappa shape index (κ3) is 7.16. The highest BCUT2D eigenvalue weighted by atomic mass is 16.3. The predicted octanol–water partition coefficient (Wildman–Crippen LogP) is 18.5. The number of anilines is 3. The first-order valence-electron chi connectivity index (χ1n) is 23.6. The van der Waals surface area contributed by atoms with Gasteiger partial charge in [-0.3, -0.25) is 0 Å². The second kappa shape index (κ2) is 16.9. The van der Waals surface area contributed by atoms with E-state index >= 15 is 0 Å². The summed E-state index contributed by atoms with van der Waals surface area (Å²) in [6.07, 6.45) is 0. The Balaban J connectivity index is 0.879. The van der Waals surface area contributed by atoms with Gasteiger partial charge < -0.3 is 13.9 Å². The molecule has 0 spiro atoms. The van der Waals surface area contributed by atoms with E-state index in [0.29, 0.717) is 0 Å². The van der Waals surface area contributed by atoms with Gasteiger partial charge in [0.25, 0.3) is 0 Å². The molecule has 0 N–H and O–H groups in total. The Hall–Kier alpha value is -9.18. The van der Waals surface area contributed by atoms with Gasteiger partial charge in [-0.2, -0.15) is 0 Å². The Bertz CT molecular complexity index is 3960. The predicted molar refractivity (Wildman–Crippen MR) is 290 cm³/mol. The SMILES string of the molecule is c1ccc(-c2cccc(-c3cccc(N(c4ccc(-c5ccc(-c6ccccc6-n6c7ccccc7c7ccccc76)cc5)cc4)c4cccc(-c5cccc6c5oc5ccccc56)c4)c3)c2)cc1. The maximum Gasteiger partial charge on any atom is 0.143 e. The van der Waals surface area contributed by atoms with E-state index in [4.69, 9.17) is 4.42 Å². The monoisotopic (exact) mass is 880 g/mol. The molecule has 0 saturated heterocycles. The number of furan rings is 1. The van der Waals surface area contributed by atoms with Crippen LogP contribution in [0.15, 0.2) is 271 Å². The summed E-state index contributed by atoms with van der Waals surface area (Å²) in [6.45, 7) is 0. The molecule has 69 heavy (non-hydrogen) atoms. The molecule has 13 rings (SSSR count). The van der Waals surface area contributed by atoms with Crippen LogP contribution in [0.5, 0.6) is 0 Å². The first kappa shape index (κ1) is 40.1. The number of hydrogen-bond acceptors (Lipinski definition) is 2. The fourth-order valence-electron chi connectivity index (χ4n) is 10.3. The Morgan fingerprint density at radius 1 is 0.275 bits per heavy atom. The van der Waals surface area contributed by atoms with Gasteiger partial charge in [0.2, 0.25) is 0 Å². The third-order valence-corrected chi connectivity index (χ3v) is 13.6. The van der Waals surface area contributed by atoms with Crippen molar-refractivity contribution in [2.24, 2.45) is 0 Å². The molecule has 2 aromatic heterocycles. The summed E-state index contributed by atoms with van der Waals surface area (Å²) in [5.41, 5.74) is 20.1. The van der Waals surface area contributed by atoms with E-state index in [0.717, 1.165) is 66.8 Å². The van der Waals surface area contributed by atoms with Gasteiger partial charge >= 0.3 is 0 Å². The molecular weight excluding hydrogens is 837 g/mol. The summed E-state index contributed by atoms with van der Waals surface area (Å²) < 4.78 is 8.95. The number of nitrogens with zero attached hydrogens (tertiary/aromatic N) is 2. The van der Waals surface area contributed by atoms with Crippen LogP contribution < -0.4 is 4.90 Å². The van der Waals surface area contributed by atoms with Gasteiger partial charge in [-0.05, 0) is 111 Å². The smallest absolute Gasteiger partial charge is 0.143 e. The molecule has 11 aromatic carbocycles. The standard InChI is InChI=1S/C66H44N2O/c1-2-16-45(17-3-1)49-18-12-19-50(42-49)51-20-13-22-54(43-51)67(55-23-14-21-52(44-55)57-28-15-29-61-60-27-7-11-33-65(60)69-66(57)61)53-40-38-47(39-41-53)46-34-36-48(37-35-46)56-24-4-8-30-62(56)68-63-31-9-5-25-58(63)59-26-6-10-32-64(59)68/h1-44H. The number of rotatable bonds is 9. The molecule has 0 fully saturated rings. The fourth-order valence-corrected chi connectivity index (χ4v) is 10.3. The van der Waals surface area contributed by atoms with Gasteiger partial charge in [0.1, 0.15) is 11.2 Å². The molecule has 324 valence electrons. The summed E-state index contributed by atoms with van der Waals surface area (Å²) in [7, 11) is 0. The maximum absolute atomic E-state index is 6.54. The molecule has 2 heterocycles. The van der Waals surface area contributed by atoms with Crippen molar-refractivity contribution < 1.29 is 4.42 Å². The molecule has 0 radical (unpaired) electrons. The van der Waals surface area contributed by atoms with Crippen LogP contribution in [0.3, 0.4) is 0 Å². The summed E-state index contributed by atoms with van der Waals surface area (Å²) in [5.74, 6) is 0. The molecular formula is C66H44N2O. The average Bonchev–Trinajstić information content (AvgIpc) is 3.98. The zero-order valence-electron chi connectivity index (χ0n) is 37.7. The molecule has 0 saturated carbocycles. The van der Waals surface area contributed by atoms with Gasteiger partial charge in [-0.1, -0.05) is 200 Å². The Kier molecular flexibility index (Phi) is 9.84. The largest absolute Gasteiger partial charge is 0.455 e. The number of aromatic nitrogens is 1. The summed E-state index contributed by atoms with van der Waals surface area (Å²) in [4.78, 5) is 2.37. The highest BCUT2D eigenvalue weighted by molar-refractivity contribution is 6.11. The lowest BCUT2D eigenvalue weighted by atomic mass is 9.98. The molecule has 0 atom stereocenters. The van der Waals surface area contributed by atoms with Crippen molar-refractivity contribution in [3.63, 3.8) is 0 Å². The second-order valence-corrected chi connectivity index (χ2v) is 17.7.